The van der Waals surface area contributed by atoms with E-state index in [0.29, 0.717) is 6.54 Å². The third-order valence-corrected chi connectivity index (χ3v) is 2.78. The zero-order chi connectivity index (χ0) is 13.0. The number of nitrogens with two attached hydrogens (primary N) is 1. The van der Waals surface area contributed by atoms with Crippen LogP contribution in [0.5, 0.6) is 11.5 Å². The predicted molar refractivity (Wildman–Crippen MR) is 73.0 cm³/mol. The molecule has 0 radical (unpaired) electrons. The number of nitrogens with zero attached hydrogens (tertiary/aromatic N) is 1. The van der Waals surface area contributed by atoms with Gasteiger partial charge in [0.25, 0.3) is 0 Å². The van der Waals surface area contributed by atoms with Crippen LogP contribution in [0.3, 0.4) is 0 Å². The molecular weight excluding hydrogens is 224 g/mol. The van der Waals surface area contributed by atoms with Crippen molar-refractivity contribution in [3.63, 3.8) is 0 Å². The monoisotopic (exact) mass is 242 g/mol. The SMILES string of the molecule is Cc1ccc(Oc2ccc(CCN)cc2C)cn1. The first-order valence-electron chi connectivity index (χ1n) is 6.09. The number of benzene rings is 1. The van der Waals surface area contributed by atoms with Gasteiger partial charge in [0, 0.05) is 5.69 Å². The highest BCUT2D eigenvalue weighted by Gasteiger charge is 2.03. The van der Waals surface area contributed by atoms with Gasteiger partial charge in [0.05, 0.1) is 6.20 Å². The van der Waals surface area contributed by atoms with Crippen LogP contribution < -0.4 is 10.5 Å². The maximum absolute atomic E-state index is 5.80. The lowest BCUT2D eigenvalue weighted by Crippen LogP contribution is -2.02. The van der Waals surface area contributed by atoms with Gasteiger partial charge >= 0.3 is 0 Å². The molecule has 0 saturated heterocycles. The molecule has 3 heteroatoms. The zero-order valence-electron chi connectivity index (χ0n) is 10.8. The Bertz CT molecular complexity index is 521. The molecule has 0 bridgehead atoms. The molecule has 0 saturated carbocycles. The molecule has 0 aliphatic carbocycles. The summed E-state index contributed by atoms with van der Waals surface area (Å²) < 4.78 is 5.80. The Kier molecular flexibility index (Phi) is 3.95. The van der Waals surface area contributed by atoms with Crippen LogP contribution in [-0.4, -0.2) is 11.5 Å². The van der Waals surface area contributed by atoms with Crippen LogP contribution in [0, 0.1) is 13.8 Å². The fourth-order valence-electron chi connectivity index (χ4n) is 1.79. The summed E-state index contributed by atoms with van der Waals surface area (Å²) in [5.74, 6) is 1.62. The van der Waals surface area contributed by atoms with Crippen LogP contribution in [0.25, 0.3) is 0 Å². The Labute approximate surface area is 108 Å². The van der Waals surface area contributed by atoms with Crippen molar-refractivity contribution in [3.8, 4) is 11.5 Å². The minimum Gasteiger partial charge on any atom is -0.455 e. The highest BCUT2D eigenvalue weighted by atomic mass is 16.5. The molecule has 0 fully saturated rings. The lowest BCUT2D eigenvalue weighted by Gasteiger charge is -2.10. The predicted octanol–water partition coefficient (Wildman–Crippen LogP) is 2.99. The van der Waals surface area contributed by atoms with E-state index in [4.69, 9.17) is 10.5 Å². The van der Waals surface area contributed by atoms with Crippen molar-refractivity contribution in [2.75, 3.05) is 6.54 Å². The Balaban J connectivity index is 2.16. The zero-order valence-corrected chi connectivity index (χ0v) is 10.8. The van der Waals surface area contributed by atoms with Gasteiger partial charge in [0.1, 0.15) is 11.5 Å². The van der Waals surface area contributed by atoms with Crippen LogP contribution in [0.1, 0.15) is 16.8 Å². The fourth-order valence-corrected chi connectivity index (χ4v) is 1.79. The van der Waals surface area contributed by atoms with Gasteiger partial charge in [0.15, 0.2) is 0 Å². The van der Waals surface area contributed by atoms with Crippen LogP contribution in [0.15, 0.2) is 36.5 Å². The van der Waals surface area contributed by atoms with E-state index >= 15 is 0 Å². The summed E-state index contributed by atoms with van der Waals surface area (Å²) in [6.07, 6.45) is 2.63. The molecular formula is C15H18N2O. The molecule has 1 heterocycles. The van der Waals surface area contributed by atoms with Gasteiger partial charge in [-0.3, -0.25) is 4.98 Å². The van der Waals surface area contributed by atoms with Crippen LogP contribution in [0.2, 0.25) is 0 Å². The molecule has 1 aromatic carbocycles. The Hall–Kier alpha value is -1.87. The summed E-state index contributed by atoms with van der Waals surface area (Å²) >= 11 is 0. The second-order valence-electron chi connectivity index (χ2n) is 4.38. The number of aromatic nitrogens is 1. The van der Waals surface area contributed by atoms with Crippen molar-refractivity contribution >= 4 is 0 Å². The van der Waals surface area contributed by atoms with Crippen LogP contribution in [-0.2, 0) is 6.42 Å². The third-order valence-electron chi connectivity index (χ3n) is 2.78. The topological polar surface area (TPSA) is 48.1 Å². The molecule has 0 atom stereocenters. The molecule has 0 amide bonds. The first kappa shape index (κ1) is 12.6. The van der Waals surface area contributed by atoms with Crippen molar-refractivity contribution in [2.24, 2.45) is 5.73 Å². The molecule has 2 N–H and O–H groups in total. The Morgan fingerprint density at radius 2 is 2.00 bits per heavy atom. The van der Waals surface area contributed by atoms with Gasteiger partial charge in [0.2, 0.25) is 0 Å². The summed E-state index contributed by atoms with van der Waals surface area (Å²) in [5.41, 5.74) is 8.88. The molecule has 0 aliphatic rings. The molecule has 2 rings (SSSR count). The average Bonchev–Trinajstić information content (AvgIpc) is 2.36. The smallest absolute Gasteiger partial charge is 0.145 e. The van der Waals surface area contributed by atoms with Crippen molar-refractivity contribution < 1.29 is 4.74 Å². The van der Waals surface area contributed by atoms with Gasteiger partial charge in [-0.05, 0) is 56.1 Å². The van der Waals surface area contributed by atoms with E-state index in [9.17, 15) is 0 Å². The number of pyridine rings is 1. The van der Waals surface area contributed by atoms with E-state index in [-0.39, 0.29) is 0 Å². The number of hydrogen-bond donors (Lipinski definition) is 1. The molecule has 0 spiro atoms. The number of ether oxygens (including phenoxy) is 1. The first-order valence-corrected chi connectivity index (χ1v) is 6.09. The Morgan fingerprint density at radius 3 is 2.61 bits per heavy atom. The first-order chi connectivity index (χ1) is 8.69. The highest BCUT2D eigenvalue weighted by molar-refractivity contribution is 5.39. The summed E-state index contributed by atoms with van der Waals surface area (Å²) in [6, 6.07) is 10.0. The largest absolute Gasteiger partial charge is 0.455 e. The van der Waals surface area contributed by atoms with Crippen molar-refractivity contribution in [3.05, 3.63) is 53.3 Å². The summed E-state index contributed by atoms with van der Waals surface area (Å²) in [7, 11) is 0. The van der Waals surface area contributed by atoms with Gasteiger partial charge in [-0.2, -0.15) is 0 Å². The maximum Gasteiger partial charge on any atom is 0.145 e. The van der Waals surface area contributed by atoms with Gasteiger partial charge in [-0.15, -0.1) is 0 Å². The van der Waals surface area contributed by atoms with E-state index < -0.39 is 0 Å². The van der Waals surface area contributed by atoms with E-state index in [1.165, 1.54) is 5.56 Å². The fraction of sp³-hybridized carbons (Fsp3) is 0.267. The third kappa shape index (κ3) is 3.08. The number of aryl methyl sites for hydroxylation is 2. The minimum absolute atomic E-state index is 0.668. The van der Waals surface area contributed by atoms with Crippen molar-refractivity contribution in [1.82, 2.24) is 4.98 Å². The van der Waals surface area contributed by atoms with Gasteiger partial charge < -0.3 is 10.5 Å². The summed E-state index contributed by atoms with van der Waals surface area (Å²) in [4.78, 5) is 4.21. The second-order valence-corrected chi connectivity index (χ2v) is 4.38. The normalized spacial score (nSPS) is 10.4. The van der Waals surface area contributed by atoms with E-state index in [1.807, 2.05) is 32.0 Å². The molecule has 3 nitrogen and oxygen atoms in total. The molecule has 18 heavy (non-hydrogen) atoms. The molecule has 2 aromatic rings. The highest BCUT2D eigenvalue weighted by Crippen LogP contribution is 2.25. The number of hydrogen-bond acceptors (Lipinski definition) is 3. The van der Waals surface area contributed by atoms with Gasteiger partial charge in [-0.25, -0.2) is 0 Å². The lowest BCUT2D eigenvalue weighted by atomic mass is 10.1. The average molecular weight is 242 g/mol. The maximum atomic E-state index is 5.80. The van der Waals surface area contributed by atoms with E-state index in [2.05, 4.69) is 17.1 Å². The van der Waals surface area contributed by atoms with E-state index in [1.54, 1.807) is 6.20 Å². The molecule has 0 aliphatic heterocycles. The van der Waals surface area contributed by atoms with Crippen LogP contribution in [0.4, 0.5) is 0 Å². The molecule has 0 unspecified atom stereocenters. The molecule has 94 valence electrons. The summed E-state index contributed by atoms with van der Waals surface area (Å²) in [5, 5.41) is 0. The number of rotatable bonds is 4. The van der Waals surface area contributed by atoms with Crippen molar-refractivity contribution in [2.45, 2.75) is 20.3 Å². The Morgan fingerprint density at radius 1 is 1.17 bits per heavy atom. The minimum atomic E-state index is 0.668. The standard InChI is InChI=1S/C15H18N2O/c1-11-9-13(7-8-16)4-6-15(11)18-14-5-3-12(2)17-10-14/h3-6,9-10H,7-8,16H2,1-2H3. The van der Waals surface area contributed by atoms with E-state index in [0.717, 1.165) is 29.2 Å². The lowest BCUT2D eigenvalue weighted by molar-refractivity contribution is 0.476. The van der Waals surface area contributed by atoms with Crippen molar-refractivity contribution in [1.29, 1.82) is 0 Å². The second kappa shape index (κ2) is 5.65. The summed E-state index contributed by atoms with van der Waals surface area (Å²) in [6.45, 7) is 4.66. The molecule has 1 aromatic heterocycles. The quantitative estimate of drug-likeness (QED) is 0.896. The van der Waals surface area contributed by atoms with Gasteiger partial charge in [-0.1, -0.05) is 12.1 Å². The van der Waals surface area contributed by atoms with Crippen LogP contribution >= 0.6 is 0 Å².